The van der Waals surface area contributed by atoms with E-state index in [9.17, 15) is 9.59 Å². The van der Waals surface area contributed by atoms with Crippen molar-refractivity contribution in [3.8, 4) is 0 Å². The molecule has 0 unspecified atom stereocenters. The first-order valence-electron chi connectivity index (χ1n) is 4.98. The number of hydrogen-bond donors (Lipinski definition) is 0. The van der Waals surface area contributed by atoms with Crippen LogP contribution >= 0.6 is 11.6 Å². The van der Waals surface area contributed by atoms with Crippen molar-refractivity contribution in [2.45, 2.75) is 26.3 Å². The summed E-state index contributed by atoms with van der Waals surface area (Å²) >= 11 is 5.87. The van der Waals surface area contributed by atoms with Crippen LogP contribution in [0.1, 0.15) is 19.2 Å². The predicted molar refractivity (Wildman–Crippen MR) is 58.3 cm³/mol. The molecule has 1 aromatic rings. The molecule has 0 aromatic carbocycles. The van der Waals surface area contributed by atoms with Crippen molar-refractivity contribution >= 4 is 23.9 Å². The molecule has 0 amide bonds. The topological polar surface area (TPSA) is 61.2 Å². The maximum atomic E-state index is 11.3. The monoisotopic (exact) mass is 244 g/mol. The van der Waals surface area contributed by atoms with E-state index in [0.29, 0.717) is 30.4 Å². The number of nitrogens with zero attached hydrogens (tertiary/aromatic N) is 2. The molecule has 0 saturated carbocycles. The Morgan fingerprint density at radius 2 is 2.44 bits per heavy atom. The van der Waals surface area contributed by atoms with Crippen LogP contribution in [0.2, 0.25) is 5.15 Å². The first kappa shape index (κ1) is 12.7. The van der Waals surface area contributed by atoms with Crippen molar-refractivity contribution in [1.82, 2.24) is 9.55 Å². The molecule has 0 spiro atoms. The number of imidazole rings is 1. The lowest BCUT2D eigenvalue weighted by Crippen LogP contribution is -2.15. The van der Waals surface area contributed by atoms with Crippen molar-refractivity contribution in [2.24, 2.45) is 0 Å². The van der Waals surface area contributed by atoms with Crippen LogP contribution in [-0.2, 0) is 27.3 Å². The van der Waals surface area contributed by atoms with E-state index < -0.39 is 0 Å². The zero-order chi connectivity index (χ0) is 12.0. The third-order valence-electron chi connectivity index (χ3n) is 1.97. The van der Waals surface area contributed by atoms with Gasteiger partial charge >= 0.3 is 5.97 Å². The van der Waals surface area contributed by atoms with Crippen LogP contribution in [0.5, 0.6) is 0 Å². The maximum absolute atomic E-state index is 11.3. The SMILES string of the molecule is CCOC(=O)Cn1c(Cl)cnc1CCC=O. The molecule has 0 radical (unpaired) electrons. The highest BCUT2D eigenvalue weighted by Crippen LogP contribution is 2.13. The van der Waals surface area contributed by atoms with Gasteiger partial charge in [0.1, 0.15) is 23.8 Å². The van der Waals surface area contributed by atoms with Crippen molar-refractivity contribution in [1.29, 1.82) is 0 Å². The minimum Gasteiger partial charge on any atom is -0.465 e. The van der Waals surface area contributed by atoms with E-state index in [1.54, 1.807) is 11.5 Å². The third kappa shape index (κ3) is 3.34. The standard InChI is InChI=1S/C10H13ClN2O3/c1-2-16-10(15)7-13-8(11)6-12-9(13)4-3-5-14/h5-6H,2-4,7H2,1H3. The van der Waals surface area contributed by atoms with E-state index in [0.717, 1.165) is 6.29 Å². The largest absolute Gasteiger partial charge is 0.465 e. The van der Waals surface area contributed by atoms with E-state index in [1.807, 2.05) is 0 Å². The summed E-state index contributed by atoms with van der Waals surface area (Å²) in [6.07, 6.45) is 3.09. The molecule has 88 valence electrons. The van der Waals surface area contributed by atoms with Crippen LogP contribution in [0.15, 0.2) is 6.20 Å². The molecular formula is C10H13ClN2O3. The fraction of sp³-hybridized carbons (Fsp3) is 0.500. The summed E-state index contributed by atoms with van der Waals surface area (Å²) in [6, 6.07) is 0. The number of aldehydes is 1. The fourth-order valence-electron chi connectivity index (χ4n) is 1.28. The van der Waals surface area contributed by atoms with Gasteiger partial charge in [0.15, 0.2) is 0 Å². The highest BCUT2D eigenvalue weighted by Gasteiger charge is 2.12. The van der Waals surface area contributed by atoms with Gasteiger partial charge in [-0.05, 0) is 6.92 Å². The molecule has 0 aliphatic rings. The molecule has 0 aliphatic carbocycles. The van der Waals surface area contributed by atoms with Crippen LogP contribution in [0.4, 0.5) is 0 Å². The second kappa shape index (κ2) is 6.27. The number of esters is 1. The van der Waals surface area contributed by atoms with Gasteiger partial charge in [-0.2, -0.15) is 0 Å². The molecule has 0 saturated heterocycles. The summed E-state index contributed by atoms with van der Waals surface area (Å²) in [5.41, 5.74) is 0. The number of rotatable bonds is 6. The van der Waals surface area contributed by atoms with E-state index in [-0.39, 0.29) is 12.5 Å². The summed E-state index contributed by atoms with van der Waals surface area (Å²) in [5.74, 6) is 0.250. The second-order valence-electron chi connectivity index (χ2n) is 3.09. The van der Waals surface area contributed by atoms with Crippen molar-refractivity contribution in [3.05, 3.63) is 17.2 Å². The molecule has 1 rings (SSSR count). The predicted octanol–water partition coefficient (Wildman–Crippen LogP) is 1.23. The summed E-state index contributed by atoms with van der Waals surface area (Å²) < 4.78 is 6.36. The van der Waals surface area contributed by atoms with Gasteiger partial charge in [0.05, 0.1) is 12.8 Å². The van der Waals surface area contributed by atoms with Gasteiger partial charge in [-0.3, -0.25) is 4.79 Å². The molecule has 0 N–H and O–H groups in total. The minimum absolute atomic E-state index is 0.0286. The van der Waals surface area contributed by atoms with Gasteiger partial charge in [0.2, 0.25) is 0 Å². The van der Waals surface area contributed by atoms with Crippen LogP contribution in [0, 0.1) is 0 Å². The number of halogens is 1. The Balaban J connectivity index is 2.72. The molecular weight excluding hydrogens is 232 g/mol. The Hall–Kier alpha value is -1.36. The van der Waals surface area contributed by atoms with Crippen molar-refractivity contribution < 1.29 is 14.3 Å². The maximum Gasteiger partial charge on any atom is 0.326 e. The van der Waals surface area contributed by atoms with Crippen LogP contribution in [0.3, 0.4) is 0 Å². The van der Waals surface area contributed by atoms with Gasteiger partial charge in [0.25, 0.3) is 0 Å². The minimum atomic E-state index is -0.366. The highest BCUT2D eigenvalue weighted by atomic mass is 35.5. The lowest BCUT2D eigenvalue weighted by molar-refractivity contribution is -0.143. The molecule has 1 aromatic heterocycles. The highest BCUT2D eigenvalue weighted by molar-refractivity contribution is 6.29. The van der Waals surface area contributed by atoms with E-state index in [2.05, 4.69) is 4.98 Å². The summed E-state index contributed by atoms with van der Waals surface area (Å²) in [5, 5.41) is 0.369. The number of aryl methyl sites for hydroxylation is 1. The first-order valence-corrected chi connectivity index (χ1v) is 5.36. The van der Waals surface area contributed by atoms with Crippen LogP contribution in [-0.4, -0.2) is 28.4 Å². The van der Waals surface area contributed by atoms with Gasteiger partial charge in [-0.15, -0.1) is 0 Å². The number of hydrogen-bond acceptors (Lipinski definition) is 4. The Morgan fingerprint density at radius 3 is 3.06 bits per heavy atom. The Kier molecular flexibility index (Phi) is 4.98. The number of ether oxygens (including phenoxy) is 1. The van der Waals surface area contributed by atoms with E-state index >= 15 is 0 Å². The third-order valence-corrected chi connectivity index (χ3v) is 2.27. The Bertz CT molecular complexity index is 376. The molecule has 0 aliphatic heterocycles. The Labute approximate surface area is 98.4 Å². The first-order chi connectivity index (χ1) is 7.69. The molecule has 5 nitrogen and oxygen atoms in total. The van der Waals surface area contributed by atoms with Gasteiger partial charge < -0.3 is 14.1 Å². The number of carbonyl (C=O) groups is 2. The smallest absolute Gasteiger partial charge is 0.326 e. The summed E-state index contributed by atoms with van der Waals surface area (Å²) in [7, 11) is 0. The molecule has 16 heavy (non-hydrogen) atoms. The van der Waals surface area contributed by atoms with E-state index in [4.69, 9.17) is 16.3 Å². The molecule has 6 heteroatoms. The average molecular weight is 245 g/mol. The quantitative estimate of drug-likeness (QED) is 0.558. The lowest BCUT2D eigenvalue weighted by Gasteiger charge is -2.07. The van der Waals surface area contributed by atoms with Gasteiger partial charge in [-0.1, -0.05) is 11.6 Å². The zero-order valence-electron chi connectivity index (χ0n) is 8.98. The molecule has 0 fully saturated rings. The van der Waals surface area contributed by atoms with Crippen molar-refractivity contribution in [2.75, 3.05) is 6.61 Å². The average Bonchev–Trinajstić information content (AvgIpc) is 2.58. The number of aromatic nitrogens is 2. The second-order valence-corrected chi connectivity index (χ2v) is 3.48. The zero-order valence-corrected chi connectivity index (χ0v) is 9.74. The molecule has 1 heterocycles. The van der Waals surface area contributed by atoms with Gasteiger partial charge in [0, 0.05) is 12.8 Å². The Morgan fingerprint density at radius 1 is 1.69 bits per heavy atom. The summed E-state index contributed by atoms with van der Waals surface area (Å²) in [4.78, 5) is 25.6. The molecule has 0 atom stereocenters. The van der Waals surface area contributed by atoms with Crippen LogP contribution < -0.4 is 0 Å². The van der Waals surface area contributed by atoms with Crippen molar-refractivity contribution in [3.63, 3.8) is 0 Å². The fourth-order valence-corrected chi connectivity index (χ4v) is 1.49. The lowest BCUT2D eigenvalue weighted by atomic mass is 10.3. The van der Waals surface area contributed by atoms with E-state index in [1.165, 1.54) is 6.20 Å². The molecule has 0 bridgehead atoms. The number of carbonyl (C=O) groups excluding carboxylic acids is 2. The normalized spacial score (nSPS) is 10.1. The van der Waals surface area contributed by atoms with Gasteiger partial charge in [-0.25, -0.2) is 4.98 Å². The summed E-state index contributed by atoms with van der Waals surface area (Å²) in [6.45, 7) is 2.09. The van der Waals surface area contributed by atoms with Crippen LogP contribution in [0.25, 0.3) is 0 Å².